The molecule has 1 heterocycles. The maximum atomic E-state index is 10.6. The molecule has 0 aromatic carbocycles. The minimum atomic E-state index is 0.688. The van der Waals surface area contributed by atoms with E-state index in [4.69, 9.17) is 0 Å². The van der Waals surface area contributed by atoms with Gasteiger partial charge < -0.3 is 4.90 Å². The van der Waals surface area contributed by atoms with Crippen LogP contribution in [0.4, 0.5) is 5.00 Å². The van der Waals surface area contributed by atoms with Gasteiger partial charge in [-0.1, -0.05) is 12.8 Å². The summed E-state index contributed by atoms with van der Waals surface area (Å²) in [6, 6.07) is 4.64. The van der Waals surface area contributed by atoms with Gasteiger partial charge in [0.15, 0.2) is 6.29 Å². The quantitative estimate of drug-likeness (QED) is 0.713. The number of carbonyl (C=O) groups is 1. The molecule has 1 fully saturated rings. The Kier molecular flexibility index (Phi) is 2.87. The zero-order valence-corrected chi connectivity index (χ0v) is 9.22. The van der Waals surface area contributed by atoms with Crippen LogP contribution in [0.2, 0.25) is 0 Å². The number of aldehydes is 1. The molecule has 0 amide bonds. The Balaban J connectivity index is 2.09. The molecule has 2 rings (SSSR count). The highest BCUT2D eigenvalue weighted by atomic mass is 32.1. The van der Waals surface area contributed by atoms with Crippen molar-refractivity contribution in [3.63, 3.8) is 0 Å². The van der Waals surface area contributed by atoms with Crippen LogP contribution in [0.3, 0.4) is 0 Å². The van der Waals surface area contributed by atoms with Gasteiger partial charge in [0.05, 0.1) is 9.88 Å². The summed E-state index contributed by atoms with van der Waals surface area (Å²) < 4.78 is 0. The highest BCUT2D eigenvalue weighted by molar-refractivity contribution is 7.17. The van der Waals surface area contributed by atoms with E-state index in [0.717, 1.165) is 11.2 Å². The number of anilines is 1. The van der Waals surface area contributed by atoms with Crippen LogP contribution in [-0.2, 0) is 0 Å². The Morgan fingerprint density at radius 2 is 2.14 bits per heavy atom. The van der Waals surface area contributed by atoms with Gasteiger partial charge in [-0.15, -0.1) is 11.3 Å². The topological polar surface area (TPSA) is 20.3 Å². The summed E-state index contributed by atoms with van der Waals surface area (Å²) >= 11 is 1.59. The minimum Gasteiger partial charge on any atom is -0.364 e. The van der Waals surface area contributed by atoms with Gasteiger partial charge in [-0.25, -0.2) is 0 Å². The summed E-state index contributed by atoms with van der Waals surface area (Å²) in [7, 11) is 2.14. The zero-order valence-electron chi connectivity index (χ0n) is 8.40. The van der Waals surface area contributed by atoms with Crippen molar-refractivity contribution in [1.82, 2.24) is 0 Å². The molecule has 1 aromatic rings. The van der Waals surface area contributed by atoms with E-state index in [1.807, 2.05) is 12.1 Å². The molecule has 0 unspecified atom stereocenters. The molecule has 0 radical (unpaired) electrons. The van der Waals surface area contributed by atoms with Crippen LogP contribution in [-0.4, -0.2) is 19.4 Å². The molecular formula is C11H15NOS. The second-order valence-corrected chi connectivity index (χ2v) is 4.94. The summed E-state index contributed by atoms with van der Waals surface area (Å²) in [5.41, 5.74) is 0. The van der Waals surface area contributed by atoms with Crippen LogP contribution in [0.15, 0.2) is 12.1 Å². The Morgan fingerprint density at radius 3 is 2.71 bits per heavy atom. The number of rotatable bonds is 3. The molecule has 0 saturated heterocycles. The zero-order chi connectivity index (χ0) is 9.97. The van der Waals surface area contributed by atoms with Crippen molar-refractivity contribution in [2.45, 2.75) is 31.7 Å². The first kappa shape index (κ1) is 9.71. The smallest absolute Gasteiger partial charge is 0.160 e. The Hall–Kier alpha value is -0.830. The predicted molar refractivity (Wildman–Crippen MR) is 60.4 cm³/mol. The third-order valence-corrected chi connectivity index (χ3v) is 4.05. The molecule has 76 valence electrons. The van der Waals surface area contributed by atoms with Crippen LogP contribution in [0.5, 0.6) is 0 Å². The maximum absolute atomic E-state index is 10.6. The first-order valence-electron chi connectivity index (χ1n) is 5.09. The van der Waals surface area contributed by atoms with E-state index in [2.05, 4.69) is 11.9 Å². The van der Waals surface area contributed by atoms with E-state index < -0.39 is 0 Å². The number of nitrogens with zero attached hydrogens (tertiary/aromatic N) is 1. The predicted octanol–water partition coefficient (Wildman–Crippen LogP) is 2.94. The van der Waals surface area contributed by atoms with Gasteiger partial charge in [0, 0.05) is 13.1 Å². The van der Waals surface area contributed by atoms with Crippen LogP contribution >= 0.6 is 11.3 Å². The Bertz CT molecular complexity index is 315. The molecule has 1 aliphatic carbocycles. The average molecular weight is 209 g/mol. The molecule has 2 nitrogen and oxygen atoms in total. The number of thiophene rings is 1. The maximum Gasteiger partial charge on any atom is 0.160 e. The van der Waals surface area contributed by atoms with Crippen molar-refractivity contribution >= 4 is 22.6 Å². The molecule has 0 spiro atoms. The Morgan fingerprint density at radius 1 is 1.43 bits per heavy atom. The molecule has 1 saturated carbocycles. The van der Waals surface area contributed by atoms with Gasteiger partial charge >= 0.3 is 0 Å². The van der Waals surface area contributed by atoms with Gasteiger partial charge in [0.25, 0.3) is 0 Å². The molecule has 0 aliphatic heterocycles. The highest BCUT2D eigenvalue weighted by Crippen LogP contribution is 2.31. The molecule has 1 aromatic heterocycles. The second kappa shape index (κ2) is 4.13. The van der Waals surface area contributed by atoms with Crippen molar-refractivity contribution in [2.75, 3.05) is 11.9 Å². The van der Waals surface area contributed by atoms with Crippen molar-refractivity contribution in [3.05, 3.63) is 17.0 Å². The molecule has 0 atom stereocenters. The average Bonchev–Trinajstić information content (AvgIpc) is 2.88. The van der Waals surface area contributed by atoms with E-state index >= 15 is 0 Å². The first-order chi connectivity index (χ1) is 6.81. The summed E-state index contributed by atoms with van der Waals surface area (Å²) in [6.07, 6.45) is 6.22. The molecule has 14 heavy (non-hydrogen) atoms. The fourth-order valence-electron chi connectivity index (χ4n) is 2.07. The summed E-state index contributed by atoms with van der Waals surface area (Å²) in [6.45, 7) is 0. The fourth-order valence-corrected chi connectivity index (χ4v) is 2.92. The molecule has 0 N–H and O–H groups in total. The normalized spacial score (nSPS) is 17.2. The monoisotopic (exact) mass is 209 g/mol. The van der Waals surface area contributed by atoms with Crippen molar-refractivity contribution in [2.24, 2.45) is 0 Å². The third-order valence-electron chi connectivity index (χ3n) is 2.95. The molecule has 3 heteroatoms. The van der Waals surface area contributed by atoms with Gasteiger partial charge in [-0.2, -0.15) is 0 Å². The second-order valence-electron chi connectivity index (χ2n) is 3.84. The van der Waals surface area contributed by atoms with Crippen molar-refractivity contribution in [1.29, 1.82) is 0 Å². The summed E-state index contributed by atoms with van der Waals surface area (Å²) in [5.74, 6) is 0. The van der Waals surface area contributed by atoms with Crippen LogP contribution < -0.4 is 4.90 Å². The summed E-state index contributed by atoms with van der Waals surface area (Å²) in [4.78, 5) is 13.7. The lowest BCUT2D eigenvalue weighted by Crippen LogP contribution is -2.27. The lowest BCUT2D eigenvalue weighted by atomic mass is 10.2. The van der Waals surface area contributed by atoms with E-state index in [1.165, 1.54) is 30.7 Å². The SMILES string of the molecule is CN(c1ccc(C=O)s1)C1CCCC1. The standard InChI is InChI=1S/C11H15NOS/c1-12(9-4-2-3-5-9)11-7-6-10(8-13)14-11/h6-9H,2-5H2,1H3. The number of hydrogen-bond acceptors (Lipinski definition) is 3. The van der Waals surface area contributed by atoms with E-state index in [0.29, 0.717) is 6.04 Å². The van der Waals surface area contributed by atoms with Gasteiger partial charge in [0.1, 0.15) is 0 Å². The lowest BCUT2D eigenvalue weighted by molar-refractivity contribution is 0.112. The van der Waals surface area contributed by atoms with Crippen molar-refractivity contribution in [3.8, 4) is 0 Å². The van der Waals surface area contributed by atoms with Gasteiger partial charge in [-0.3, -0.25) is 4.79 Å². The van der Waals surface area contributed by atoms with Crippen LogP contribution in [0.25, 0.3) is 0 Å². The van der Waals surface area contributed by atoms with E-state index in [-0.39, 0.29) is 0 Å². The van der Waals surface area contributed by atoms with E-state index in [9.17, 15) is 4.79 Å². The van der Waals surface area contributed by atoms with Gasteiger partial charge in [-0.05, 0) is 25.0 Å². The summed E-state index contributed by atoms with van der Waals surface area (Å²) in [5, 5.41) is 1.22. The first-order valence-corrected chi connectivity index (χ1v) is 5.91. The van der Waals surface area contributed by atoms with Crippen LogP contribution in [0.1, 0.15) is 35.4 Å². The minimum absolute atomic E-state index is 0.688. The fraction of sp³-hybridized carbons (Fsp3) is 0.545. The molecule has 1 aliphatic rings. The Labute approximate surface area is 88.5 Å². The number of hydrogen-bond donors (Lipinski definition) is 0. The lowest BCUT2D eigenvalue weighted by Gasteiger charge is -2.24. The van der Waals surface area contributed by atoms with Gasteiger partial charge in [0.2, 0.25) is 0 Å². The largest absolute Gasteiger partial charge is 0.364 e. The van der Waals surface area contributed by atoms with Crippen LogP contribution in [0, 0.1) is 0 Å². The third kappa shape index (κ3) is 1.82. The molecular weight excluding hydrogens is 194 g/mol. The van der Waals surface area contributed by atoms with E-state index in [1.54, 1.807) is 11.3 Å². The van der Waals surface area contributed by atoms with Crippen molar-refractivity contribution < 1.29 is 4.79 Å². The highest BCUT2D eigenvalue weighted by Gasteiger charge is 2.20. The number of carbonyl (C=O) groups excluding carboxylic acids is 1. The molecule has 0 bridgehead atoms.